The number of aliphatic hydroxyl groups excluding tert-OH is 1. The van der Waals surface area contributed by atoms with Gasteiger partial charge in [-0.15, -0.1) is 5.10 Å². The van der Waals surface area contributed by atoms with Gasteiger partial charge in [-0.05, 0) is 56.7 Å². The van der Waals surface area contributed by atoms with Crippen LogP contribution in [-0.2, 0) is 13.0 Å². The molecule has 5 rings (SSSR count). The van der Waals surface area contributed by atoms with Crippen LogP contribution in [0.2, 0.25) is 0 Å². The van der Waals surface area contributed by atoms with Gasteiger partial charge in [-0.1, -0.05) is 17.3 Å². The minimum absolute atomic E-state index is 0.198. The van der Waals surface area contributed by atoms with Crippen molar-refractivity contribution in [1.82, 2.24) is 34.7 Å². The van der Waals surface area contributed by atoms with Crippen molar-refractivity contribution >= 4 is 11.2 Å². The van der Waals surface area contributed by atoms with Gasteiger partial charge in [-0.2, -0.15) is 9.78 Å². The van der Waals surface area contributed by atoms with Crippen molar-refractivity contribution in [2.24, 2.45) is 5.92 Å². The van der Waals surface area contributed by atoms with Gasteiger partial charge >= 0.3 is 0 Å². The standard InChI is InChI=1S/C23H27N7O2/c1-23(2,32)14-29-13-17(11-25-29)16-4-6-18(7-5-16)30-22-20(27-28-30)12-24-21(26-22)10-15-3-8-19(31)9-15/h4-7,11-13,15,19,31-32H,3,8-10,14H2,1-2H3/t15-,19-/m1/s1. The fourth-order valence-corrected chi connectivity index (χ4v) is 4.32. The predicted molar refractivity (Wildman–Crippen MR) is 119 cm³/mol. The van der Waals surface area contributed by atoms with E-state index in [1.807, 2.05) is 30.5 Å². The van der Waals surface area contributed by atoms with Gasteiger partial charge < -0.3 is 10.2 Å². The highest BCUT2D eigenvalue weighted by molar-refractivity contribution is 5.71. The van der Waals surface area contributed by atoms with Gasteiger partial charge in [0.1, 0.15) is 5.82 Å². The lowest BCUT2D eigenvalue weighted by Crippen LogP contribution is -2.26. The molecular formula is C23H27N7O2. The van der Waals surface area contributed by atoms with Gasteiger partial charge in [-0.25, -0.2) is 9.97 Å². The largest absolute Gasteiger partial charge is 0.393 e. The fourth-order valence-electron chi connectivity index (χ4n) is 4.32. The Bertz CT molecular complexity index is 1220. The van der Waals surface area contributed by atoms with E-state index in [4.69, 9.17) is 4.98 Å². The molecule has 9 heteroatoms. The van der Waals surface area contributed by atoms with Crippen LogP contribution in [0.3, 0.4) is 0 Å². The molecule has 3 heterocycles. The van der Waals surface area contributed by atoms with Crippen LogP contribution in [0.25, 0.3) is 28.0 Å². The van der Waals surface area contributed by atoms with Gasteiger partial charge in [-0.3, -0.25) is 4.68 Å². The molecule has 1 aliphatic rings. The first-order valence-corrected chi connectivity index (χ1v) is 11.0. The number of hydrogen-bond acceptors (Lipinski definition) is 7. The SMILES string of the molecule is CC(C)(O)Cn1cc(-c2ccc(-n3nnc4cnc(C[C@@H]5CC[C@@H](O)C5)nc43)cc2)cn1. The van der Waals surface area contributed by atoms with Crippen LogP contribution < -0.4 is 0 Å². The van der Waals surface area contributed by atoms with Crippen molar-refractivity contribution in [2.75, 3.05) is 0 Å². The summed E-state index contributed by atoms with van der Waals surface area (Å²) in [6.07, 6.45) is 8.68. The van der Waals surface area contributed by atoms with Crippen molar-refractivity contribution in [1.29, 1.82) is 0 Å². The van der Waals surface area contributed by atoms with Crippen molar-refractivity contribution in [3.05, 3.63) is 48.7 Å². The quantitative estimate of drug-likeness (QED) is 0.480. The van der Waals surface area contributed by atoms with Crippen molar-refractivity contribution in [3.63, 3.8) is 0 Å². The Hall–Kier alpha value is -3.17. The van der Waals surface area contributed by atoms with E-state index in [1.54, 1.807) is 35.6 Å². The number of fused-ring (bicyclic) bond motifs is 1. The van der Waals surface area contributed by atoms with E-state index in [0.29, 0.717) is 23.6 Å². The minimum Gasteiger partial charge on any atom is -0.393 e. The summed E-state index contributed by atoms with van der Waals surface area (Å²) >= 11 is 0. The zero-order chi connectivity index (χ0) is 22.3. The van der Waals surface area contributed by atoms with Crippen LogP contribution >= 0.6 is 0 Å². The Labute approximate surface area is 185 Å². The summed E-state index contributed by atoms with van der Waals surface area (Å²) in [5.74, 6) is 1.18. The third-order valence-corrected chi connectivity index (χ3v) is 5.85. The Morgan fingerprint density at radius 1 is 1.09 bits per heavy atom. The van der Waals surface area contributed by atoms with Gasteiger partial charge in [0.2, 0.25) is 0 Å². The van der Waals surface area contributed by atoms with E-state index in [9.17, 15) is 10.2 Å². The molecule has 4 aromatic rings. The summed E-state index contributed by atoms with van der Waals surface area (Å²) in [6, 6.07) is 7.98. The third-order valence-electron chi connectivity index (χ3n) is 5.85. The van der Waals surface area contributed by atoms with Gasteiger partial charge in [0.25, 0.3) is 0 Å². The summed E-state index contributed by atoms with van der Waals surface area (Å²) in [5, 5.41) is 32.6. The Morgan fingerprint density at radius 3 is 2.62 bits per heavy atom. The first-order chi connectivity index (χ1) is 15.3. The molecule has 0 aliphatic heterocycles. The molecule has 0 unspecified atom stereocenters. The van der Waals surface area contributed by atoms with Crippen LogP contribution in [0.4, 0.5) is 0 Å². The van der Waals surface area contributed by atoms with Crippen LogP contribution in [0.1, 0.15) is 38.9 Å². The maximum absolute atomic E-state index is 9.99. The van der Waals surface area contributed by atoms with Crippen LogP contribution in [0.5, 0.6) is 0 Å². The molecule has 32 heavy (non-hydrogen) atoms. The normalized spacial score (nSPS) is 19.1. The number of nitrogens with zero attached hydrogens (tertiary/aromatic N) is 7. The topological polar surface area (TPSA) is 115 Å². The van der Waals surface area contributed by atoms with E-state index in [1.165, 1.54) is 0 Å². The van der Waals surface area contributed by atoms with Crippen LogP contribution in [-0.4, -0.2) is 56.7 Å². The highest BCUT2D eigenvalue weighted by atomic mass is 16.3. The second-order valence-electron chi connectivity index (χ2n) is 9.32. The van der Waals surface area contributed by atoms with Crippen molar-refractivity contribution in [3.8, 4) is 16.8 Å². The number of hydrogen-bond donors (Lipinski definition) is 2. The number of aliphatic hydroxyl groups is 2. The summed E-state index contributed by atoms with van der Waals surface area (Å²) in [5.41, 5.74) is 3.37. The number of rotatable bonds is 6. The Kier molecular flexibility index (Phi) is 5.22. The fraction of sp³-hybridized carbons (Fsp3) is 0.435. The summed E-state index contributed by atoms with van der Waals surface area (Å²) in [7, 11) is 0. The smallest absolute Gasteiger partial charge is 0.187 e. The average Bonchev–Trinajstić information content (AvgIpc) is 3.47. The molecule has 2 atom stereocenters. The number of aromatic nitrogens is 7. The molecular weight excluding hydrogens is 406 g/mol. The lowest BCUT2D eigenvalue weighted by Gasteiger charge is -2.16. The monoisotopic (exact) mass is 433 g/mol. The summed E-state index contributed by atoms with van der Waals surface area (Å²) in [6.45, 7) is 3.95. The highest BCUT2D eigenvalue weighted by Gasteiger charge is 2.24. The zero-order valence-electron chi connectivity index (χ0n) is 18.3. The molecule has 166 valence electrons. The molecule has 9 nitrogen and oxygen atoms in total. The van der Waals surface area contributed by atoms with Crippen molar-refractivity contribution in [2.45, 2.75) is 57.8 Å². The molecule has 1 fully saturated rings. The van der Waals surface area contributed by atoms with Crippen molar-refractivity contribution < 1.29 is 10.2 Å². The predicted octanol–water partition coefficient (Wildman–Crippen LogP) is 2.55. The summed E-state index contributed by atoms with van der Waals surface area (Å²) < 4.78 is 3.47. The minimum atomic E-state index is -0.820. The molecule has 2 N–H and O–H groups in total. The van der Waals surface area contributed by atoms with E-state index in [-0.39, 0.29) is 6.10 Å². The maximum atomic E-state index is 9.99. The first-order valence-electron chi connectivity index (χ1n) is 11.0. The summed E-state index contributed by atoms with van der Waals surface area (Å²) in [4.78, 5) is 9.17. The van der Waals surface area contributed by atoms with Crippen LogP contribution in [0.15, 0.2) is 42.9 Å². The average molecular weight is 434 g/mol. The highest BCUT2D eigenvalue weighted by Crippen LogP contribution is 2.28. The van der Waals surface area contributed by atoms with Crippen LogP contribution in [0, 0.1) is 5.92 Å². The van der Waals surface area contributed by atoms with E-state index < -0.39 is 5.60 Å². The van der Waals surface area contributed by atoms with E-state index >= 15 is 0 Å². The second-order valence-corrected chi connectivity index (χ2v) is 9.32. The molecule has 3 aromatic heterocycles. The molecule has 1 aliphatic carbocycles. The molecule has 1 saturated carbocycles. The first kappa shape index (κ1) is 20.7. The Balaban J connectivity index is 1.37. The molecule has 0 spiro atoms. The Morgan fingerprint density at radius 2 is 1.91 bits per heavy atom. The van der Waals surface area contributed by atoms with E-state index in [2.05, 4.69) is 20.4 Å². The molecule has 0 saturated heterocycles. The second kappa shape index (κ2) is 8.07. The molecule has 0 amide bonds. The lowest BCUT2D eigenvalue weighted by molar-refractivity contribution is 0.0577. The van der Waals surface area contributed by atoms with Gasteiger partial charge in [0.15, 0.2) is 11.2 Å². The molecule has 0 bridgehead atoms. The zero-order valence-corrected chi connectivity index (χ0v) is 18.3. The maximum Gasteiger partial charge on any atom is 0.187 e. The molecule has 0 radical (unpaired) electrons. The van der Waals surface area contributed by atoms with Gasteiger partial charge in [0, 0.05) is 18.2 Å². The lowest BCUT2D eigenvalue weighted by atomic mass is 10.0. The van der Waals surface area contributed by atoms with Gasteiger partial charge in [0.05, 0.1) is 36.3 Å². The third kappa shape index (κ3) is 4.39. The van der Waals surface area contributed by atoms with E-state index in [0.717, 1.165) is 48.3 Å². The molecule has 1 aromatic carbocycles. The number of benzene rings is 1.